The predicted molar refractivity (Wildman–Crippen MR) is 59.6 cm³/mol. The van der Waals surface area contributed by atoms with Crippen LogP contribution in [-0.4, -0.2) is 0 Å². The van der Waals surface area contributed by atoms with Gasteiger partial charge in [-0.2, -0.15) is 0 Å². The molecule has 0 aromatic heterocycles. The van der Waals surface area contributed by atoms with Crippen molar-refractivity contribution in [1.82, 2.24) is 0 Å². The summed E-state index contributed by atoms with van der Waals surface area (Å²) in [5.41, 5.74) is 2.37. The first kappa shape index (κ1) is 11.6. The molecule has 0 saturated heterocycles. The Morgan fingerprint density at radius 2 is 1.50 bits per heavy atom. The molecular formula is C12H9BrZn. The van der Waals surface area contributed by atoms with Gasteiger partial charge in [-0.3, -0.25) is 0 Å². The Morgan fingerprint density at radius 1 is 0.857 bits per heavy atom. The Bertz CT molecular complexity index is 308. The van der Waals surface area contributed by atoms with Gasteiger partial charge >= 0.3 is 30.0 Å². The van der Waals surface area contributed by atoms with Crippen LogP contribution in [0.1, 0.15) is 0 Å². The smallest absolute Gasteiger partial charge is 0.0638 e. The molecule has 0 spiro atoms. The van der Waals surface area contributed by atoms with E-state index in [0.717, 1.165) is 5.56 Å². The minimum Gasteiger partial charge on any atom is -0.147 e. The van der Waals surface area contributed by atoms with Crippen LogP contribution in [-0.2, 0) is 16.3 Å². The van der Waals surface area contributed by atoms with Crippen LogP contribution in [0.2, 0.25) is 0 Å². The number of halogens is 1. The average Bonchev–Trinajstić information content (AvgIpc) is 2.34. The molecule has 14 heavy (non-hydrogen) atoms. The van der Waals surface area contributed by atoms with E-state index in [4.69, 9.17) is 0 Å². The number of hydrogen-bond acceptors (Lipinski definition) is 0. The maximum atomic E-state index is 3.18. The van der Waals surface area contributed by atoms with Gasteiger partial charge in [-0.15, -0.1) is 35.9 Å². The molecule has 0 amide bonds. The van der Waals surface area contributed by atoms with E-state index < -0.39 is 0 Å². The summed E-state index contributed by atoms with van der Waals surface area (Å²) in [6.45, 7) is 0. The predicted octanol–water partition coefficient (Wildman–Crippen LogP) is 4.00. The molecule has 2 rings (SSSR count). The van der Waals surface area contributed by atoms with Crippen molar-refractivity contribution in [3.05, 3.63) is 60.7 Å². The van der Waals surface area contributed by atoms with Crippen molar-refractivity contribution in [2.75, 3.05) is 0 Å². The fraction of sp³-hybridized carbons (Fsp3) is 0. The van der Waals surface area contributed by atoms with Gasteiger partial charge in [0.2, 0.25) is 0 Å². The molecule has 0 aliphatic carbocycles. The van der Waals surface area contributed by atoms with Crippen LogP contribution in [0, 0.1) is 6.07 Å². The van der Waals surface area contributed by atoms with Gasteiger partial charge in [-0.05, 0) is 0 Å². The molecule has 0 aliphatic rings. The van der Waals surface area contributed by atoms with Gasteiger partial charge in [0.05, 0.1) is 0 Å². The van der Waals surface area contributed by atoms with Crippen LogP contribution < -0.4 is 0 Å². The molecule has 2 aromatic carbocycles. The monoisotopic (exact) mass is 296 g/mol. The molecule has 0 aliphatic heterocycles. The normalized spacial score (nSPS) is 8.79. The van der Waals surface area contributed by atoms with Crippen LogP contribution in [0.15, 0.2) is 54.6 Å². The van der Waals surface area contributed by atoms with Crippen LogP contribution in [0.5, 0.6) is 0 Å². The Hall–Kier alpha value is -0.457. The SMILES string of the molecule is [Zn+][Br].[c-]1ccccc1-c1ccccc1. The third kappa shape index (κ3) is 3.36. The summed E-state index contributed by atoms with van der Waals surface area (Å²) >= 11 is 4.25. The zero-order valence-corrected chi connectivity index (χ0v) is 12.3. The third-order valence-corrected chi connectivity index (χ3v) is 1.79. The van der Waals surface area contributed by atoms with Gasteiger partial charge in [-0.1, -0.05) is 35.9 Å². The Balaban J connectivity index is 0.000000461. The van der Waals surface area contributed by atoms with Crippen molar-refractivity contribution < 1.29 is 16.3 Å². The molecule has 0 radical (unpaired) electrons. The molecule has 66 valence electrons. The molecule has 0 saturated carbocycles. The Kier molecular flexibility index (Phi) is 5.74. The van der Waals surface area contributed by atoms with Gasteiger partial charge in [0.25, 0.3) is 0 Å². The van der Waals surface area contributed by atoms with Gasteiger partial charge in [0, 0.05) is 0 Å². The van der Waals surface area contributed by atoms with Crippen molar-refractivity contribution >= 4 is 13.6 Å². The average molecular weight is 298 g/mol. The summed E-state index contributed by atoms with van der Waals surface area (Å²) in [6, 6.07) is 21.5. The first-order valence-electron chi connectivity index (χ1n) is 4.26. The topological polar surface area (TPSA) is 0 Å². The minimum absolute atomic E-state index is 1.15. The first-order valence-corrected chi connectivity index (χ1v) is 11.2. The van der Waals surface area contributed by atoms with Crippen molar-refractivity contribution in [2.24, 2.45) is 0 Å². The Morgan fingerprint density at radius 3 is 2.07 bits per heavy atom. The molecule has 0 N–H and O–H groups in total. The summed E-state index contributed by atoms with van der Waals surface area (Å²) in [7, 11) is 0. The van der Waals surface area contributed by atoms with Crippen molar-refractivity contribution in [1.29, 1.82) is 0 Å². The fourth-order valence-corrected chi connectivity index (χ4v) is 1.19. The largest absolute Gasteiger partial charge is 0.147 e. The van der Waals surface area contributed by atoms with E-state index in [1.807, 2.05) is 36.4 Å². The van der Waals surface area contributed by atoms with Crippen LogP contribution in [0.4, 0.5) is 0 Å². The number of benzene rings is 2. The van der Waals surface area contributed by atoms with Crippen LogP contribution >= 0.6 is 13.6 Å². The van der Waals surface area contributed by atoms with E-state index in [-0.39, 0.29) is 0 Å². The van der Waals surface area contributed by atoms with Crippen molar-refractivity contribution in [2.45, 2.75) is 0 Å². The molecule has 0 unspecified atom stereocenters. The molecular weight excluding hydrogens is 289 g/mol. The maximum absolute atomic E-state index is 3.18. The van der Waals surface area contributed by atoms with E-state index in [9.17, 15) is 0 Å². The number of hydrogen-bond donors (Lipinski definition) is 0. The minimum atomic E-state index is 1.15. The third-order valence-electron chi connectivity index (χ3n) is 1.79. The standard InChI is InChI=1S/C12H9.BrH.Zn/c1-3-7-11(8-4-1)12-9-5-2-6-10-12;;/h1-9H;1H;/q-1;;+2/p-1. The molecule has 0 fully saturated rings. The zero-order valence-electron chi connectivity index (χ0n) is 7.78. The second-order valence-electron chi connectivity index (χ2n) is 2.64. The van der Waals surface area contributed by atoms with Crippen molar-refractivity contribution in [3.8, 4) is 11.1 Å². The molecule has 2 aromatic rings. The molecule has 0 heterocycles. The summed E-state index contributed by atoms with van der Waals surface area (Å²) in [4.78, 5) is 0. The molecule has 0 nitrogen and oxygen atoms in total. The zero-order chi connectivity index (χ0) is 10.2. The Labute approximate surface area is 101 Å². The van der Waals surface area contributed by atoms with E-state index in [0.29, 0.717) is 0 Å². The maximum Gasteiger partial charge on any atom is -0.0638 e. The fourth-order valence-electron chi connectivity index (χ4n) is 1.19. The van der Waals surface area contributed by atoms with E-state index in [2.05, 4.69) is 37.9 Å². The summed E-state index contributed by atoms with van der Waals surface area (Å²) in [6.07, 6.45) is 0. The van der Waals surface area contributed by atoms with E-state index >= 15 is 0 Å². The van der Waals surface area contributed by atoms with Crippen LogP contribution in [0.25, 0.3) is 11.1 Å². The van der Waals surface area contributed by atoms with Crippen LogP contribution in [0.3, 0.4) is 0 Å². The van der Waals surface area contributed by atoms with Gasteiger partial charge in [-0.25, -0.2) is 0 Å². The molecule has 0 atom stereocenters. The summed E-state index contributed by atoms with van der Waals surface area (Å²) in [5, 5.41) is 0. The summed E-state index contributed by atoms with van der Waals surface area (Å²) < 4.78 is 0. The number of rotatable bonds is 1. The quantitative estimate of drug-likeness (QED) is 0.551. The van der Waals surface area contributed by atoms with Gasteiger partial charge in [0.15, 0.2) is 0 Å². The van der Waals surface area contributed by atoms with Gasteiger partial charge in [0.1, 0.15) is 0 Å². The summed E-state index contributed by atoms with van der Waals surface area (Å²) in [5.74, 6) is 0. The van der Waals surface area contributed by atoms with Crippen molar-refractivity contribution in [3.63, 3.8) is 0 Å². The van der Waals surface area contributed by atoms with E-state index in [1.54, 1.807) is 0 Å². The first-order chi connectivity index (χ1) is 6.97. The van der Waals surface area contributed by atoms with Gasteiger partial charge < -0.3 is 0 Å². The second kappa shape index (κ2) is 6.92. The van der Waals surface area contributed by atoms with E-state index in [1.165, 1.54) is 21.9 Å². The molecule has 0 bridgehead atoms. The molecule has 2 heteroatoms. The second-order valence-corrected chi connectivity index (χ2v) is 2.64.